The smallest absolute Gasteiger partial charge is 0.364 e. The Labute approximate surface area is 505 Å². The van der Waals surface area contributed by atoms with Crippen LogP contribution in [0.2, 0.25) is 0 Å². The summed E-state index contributed by atoms with van der Waals surface area (Å²) in [5, 5.41) is 231. The third-order valence-corrected chi connectivity index (χ3v) is 16.7. The lowest BCUT2D eigenvalue weighted by Crippen LogP contribution is -2.69. The van der Waals surface area contributed by atoms with Crippen molar-refractivity contribution in [1.29, 1.82) is 0 Å². The molecule has 518 valence electrons. The van der Waals surface area contributed by atoms with Gasteiger partial charge in [0.05, 0.1) is 58.5 Å². The van der Waals surface area contributed by atoms with Gasteiger partial charge in [0.15, 0.2) is 37.7 Å². The summed E-state index contributed by atoms with van der Waals surface area (Å²) < 4.78 is 86.2. The van der Waals surface area contributed by atoms with Crippen molar-refractivity contribution in [1.82, 2.24) is 5.32 Å². The summed E-state index contributed by atoms with van der Waals surface area (Å²) in [7, 11) is 2.18. The van der Waals surface area contributed by atoms with Crippen molar-refractivity contribution in [3.05, 3.63) is 0 Å². The van der Waals surface area contributed by atoms with Crippen molar-refractivity contribution in [3.8, 4) is 0 Å². The Morgan fingerprint density at radius 3 is 1.48 bits per heavy atom. The minimum Gasteiger partial charge on any atom is -0.477 e. The zero-order chi connectivity index (χ0) is 65.8. The molecule has 0 aromatic carbocycles. The number of carboxylic acids is 1. The minimum atomic E-state index is -3.06. The van der Waals surface area contributed by atoms with Crippen molar-refractivity contribution in [2.75, 3.05) is 60.5 Å². The number of aliphatic hydroxyl groups is 20. The van der Waals surface area contributed by atoms with Crippen LogP contribution < -0.4 is 5.32 Å². The van der Waals surface area contributed by atoms with Gasteiger partial charge in [-0.3, -0.25) is 4.79 Å². The predicted octanol–water partition coefficient (Wildman–Crippen LogP) is -14.3. The Hall–Kier alpha value is -2.46. The highest BCUT2D eigenvalue weighted by atomic mass is 16.8. The number of hydrogen-bond donors (Lipinski definition) is 22. The van der Waals surface area contributed by atoms with Crippen molar-refractivity contribution in [3.63, 3.8) is 0 Å². The number of carbonyl (C=O) groups is 2. The third kappa shape index (κ3) is 15.6. The van der Waals surface area contributed by atoms with E-state index < -0.39 is 285 Å². The largest absolute Gasteiger partial charge is 0.477 e. The molecule has 0 aromatic rings. The van der Waals surface area contributed by atoms with E-state index in [2.05, 4.69) is 5.32 Å². The number of aliphatic carboxylic acids is 1. The van der Waals surface area contributed by atoms with Gasteiger partial charge in [-0.15, -0.1) is 0 Å². The number of ether oxygens (including phenoxy) is 15. The number of carbonyl (C=O) groups excluding carboxylic acids is 1. The molecule has 7 rings (SSSR count). The summed E-state index contributed by atoms with van der Waals surface area (Å²) in [4.78, 5) is 25.5. The fraction of sp³-hybridized carbons (Fsp3) is 0.960. The molecular weight excluding hydrogens is 1220 g/mol. The predicted molar refractivity (Wildman–Crippen MR) is 273 cm³/mol. The SMILES string of the molecule is COC1OC(CO)C(O)C(OC2(C(=O)O)CC(O)C(C)C(C(O)[C@@H](O)CO)O2)C1OC1OC(CO)C(O)C(OC2OC(CO)C(OC3OC(COC4OC(CO)C(O)C(O)C4O)C(O)C(OC4OC(CO)C(OC)C(O)C4NC(C)=O)C3O)C(O)C2O)C1O. The fourth-order valence-corrected chi connectivity index (χ4v) is 11.6. The first-order valence-corrected chi connectivity index (χ1v) is 28.4. The lowest BCUT2D eigenvalue weighted by Gasteiger charge is -2.51. The summed E-state index contributed by atoms with van der Waals surface area (Å²) in [5.74, 6) is -6.93. The van der Waals surface area contributed by atoms with Crippen LogP contribution in [0.3, 0.4) is 0 Å². The van der Waals surface area contributed by atoms with Crippen molar-refractivity contribution in [2.24, 2.45) is 5.92 Å². The first-order valence-electron chi connectivity index (χ1n) is 28.4. The van der Waals surface area contributed by atoms with Crippen molar-refractivity contribution < 1.29 is 188 Å². The maximum Gasteiger partial charge on any atom is 0.364 e. The van der Waals surface area contributed by atoms with Crippen LogP contribution in [0.25, 0.3) is 0 Å². The molecule has 0 aliphatic carbocycles. The molecule has 39 nitrogen and oxygen atoms in total. The van der Waals surface area contributed by atoms with Crippen LogP contribution in [0.15, 0.2) is 0 Å². The number of carboxylic acid groups (broad SMARTS) is 1. The molecule has 0 radical (unpaired) electrons. The maximum atomic E-state index is 13.2. The molecular formula is C50H85NO38. The molecule has 0 bridgehead atoms. The molecule has 1 amide bonds. The Morgan fingerprint density at radius 1 is 0.494 bits per heavy atom. The van der Waals surface area contributed by atoms with Gasteiger partial charge in [0.1, 0.15) is 159 Å². The molecule has 7 fully saturated rings. The van der Waals surface area contributed by atoms with Crippen LogP contribution in [-0.2, 0) is 80.6 Å². The van der Waals surface area contributed by atoms with Crippen LogP contribution >= 0.6 is 0 Å². The topological polar surface area (TPSA) is 609 Å². The molecule has 35 unspecified atom stereocenters. The Balaban J connectivity index is 1.13. The highest BCUT2D eigenvalue weighted by Gasteiger charge is 2.62. The molecule has 0 spiro atoms. The Kier molecular flexibility index (Phi) is 26.5. The summed E-state index contributed by atoms with van der Waals surface area (Å²) >= 11 is 0. The summed E-state index contributed by atoms with van der Waals surface area (Å²) in [6.07, 6.45) is -65.6. The highest BCUT2D eigenvalue weighted by Crippen LogP contribution is 2.42. The van der Waals surface area contributed by atoms with E-state index in [1.54, 1.807) is 0 Å². The van der Waals surface area contributed by atoms with Crippen LogP contribution in [-0.4, -0.2) is 394 Å². The summed E-state index contributed by atoms with van der Waals surface area (Å²) in [5.41, 5.74) is 0. The zero-order valence-electron chi connectivity index (χ0n) is 48.2. The molecule has 7 aliphatic heterocycles. The van der Waals surface area contributed by atoms with Crippen LogP contribution in [0.1, 0.15) is 20.3 Å². The van der Waals surface area contributed by atoms with Gasteiger partial charge in [0, 0.05) is 33.5 Å². The zero-order valence-corrected chi connectivity index (χ0v) is 48.2. The Morgan fingerprint density at radius 2 is 0.944 bits per heavy atom. The monoisotopic (exact) mass is 1310 g/mol. The molecule has 0 saturated carbocycles. The first kappa shape index (κ1) is 73.9. The molecule has 22 N–H and O–H groups in total. The van der Waals surface area contributed by atoms with E-state index in [-0.39, 0.29) is 0 Å². The number of aliphatic hydroxyl groups excluding tert-OH is 20. The van der Waals surface area contributed by atoms with Gasteiger partial charge in [-0.05, 0) is 0 Å². The minimum absolute atomic E-state index is 0.752. The van der Waals surface area contributed by atoms with Crippen LogP contribution in [0.4, 0.5) is 0 Å². The van der Waals surface area contributed by atoms with E-state index in [1.165, 1.54) is 6.92 Å². The van der Waals surface area contributed by atoms with Gasteiger partial charge in [-0.25, -0.2) is 4.79 Å². The average Bonchev–Trinajstić information content (AvgIpc) is 0.895. The lowest BCUT2D eigenvalue weighted by atomic mass is 9.84. The van der Waals surface area contributed by atoms with Crippen LogP contribution in [0, 0.1) is 5.92 Å². The van der Waals surface area contributed by atoms with Gasteiger partial charge in [0.2, 0.25) is 5.91 Å². The van der Waals surface area contributed by atoms with Gasteiger partial charge in [0.25, 0.3) is 5.79 Å². The molecule has 39 heteroatoms. The first-order chi connectivity index (χ1) is 42.1. The van der Waals surface area contributed by atoms with E-state index in [0.717, 1.165) is 21.1 Å². The number of methoxy groups -OCH3 is 2. The second kappa shape index (κ2) is 31.9. The standard InChI is InChI=1S/C50H85NO38/c1-13-15(59)5-50(49(73)74,88-36(13)24(61)16(60)6-52)89-41-27(64)19(9-55)80-48(76-4)42(41)87-46-34(71)39(26(63)18(8-54)79-46)86-45-33(70)31(68)38(21(11-57)82-45)84-47-35(72)40(85-43-23(51-14(2)58)29(66)37(75-3)20(10-56)81-43)28(65)22(83-47)12-77-44-32(69)30(67)25(62)17(7-53)78-44/h13,15-48,52-57,59-72H,5-12H2,1-4H3,(H,51,58)(H,73,74)/t13?,15?,16-,17?,18?,19?,20?,21?,22?,23?,24?,25?,26?,27?,28?,29?,30?,31?,32?,33?,34?,35?,36?,37?,38?,39?,40?,41?,42?,43?,44?,45?,46?,47?,48?,50?/m0/s1. The highest BCUT2D eigenvalue weighted by molar-refractivity contribution is 5.76. The fourth-order valence-electron chi connectivity index (χ4n) is 11.6. The second-order valence-corrected chi connectivity index (χ2v) is 22.6. The molecule has 7 heterocycles. The summed E-state index contributed by atoms with van der Waals surface area (Å²) in [6.45, 7) is -4.52. The van der Waals surface area contributed by atoms with E-state index in [4.69, 9.17) is 71.1 Å². The molecule has 7 aliphatic rings. The maximum absolute atomic E-state index is 13.2. The normalized spacial score (nSPS) is 49.0. The van der Waals surface area contributed by atoms with Gasteiger partial charge in [-0.2, -0.15) is 0 Å². The molecule has 36 atom stereocenters. The van der Waals surface area contributed by atoms with Gasteiger partial charge >= 0.3 is 5.97 Å². The number of hydrogen-bond acceptors (Lipinski definition) is 37. The number of nitrogens with one attached hydrogen (secondary N) is 1. The molecule has 0 aromatic heterocycles. The number of rotatable bonds is 25. The van der Waals surface area contributed by atoms with E-state index >= 15 is 0 Å². The van der Waals surface area contributed by atoms with Crippen LogP contribution in [0.5, 0.6) is 0 Å². The van der Waals surface area contributed by atoms with Gasteiger partial charge in [-0.1, -0.05) is 6.92 Å². The third-order valence-electron chi connectivity index (χ3n) is 16.7. The van der Waals surface area contributed by atoms with E-state index in [1.807, 2.05) is 0 Å². The average molecular weight is 1310 g/mol. The number of amides is 1. The Bertz CT molecular complexity index is 2200. The summed E-state index contributed by atoms with van der Waals surface area (Å²) in [6, 6.07) is -1.56. The van der Waals surface area contributed by atoms with E-state index in [0.29, 0.717) is 0 Å². The lowest BCUT2D eigenvalue weighted by molar-refractivity contribution is -0.407. The second-order valence-electron chi connectivity index (χ2n) is 22.6. The van der Waals surface area contributed by atoms with E-state index in [9.17, 15) is 117 Å². The van der Waals surface area contributed by atoms with Crippen molar-refractivity contribution in [2.45, 2.75) is 235 Å². The molecule has 89 heavy (non-hydrogen) atoms. The van der Waals surface area contributed by atoms with Crippen molar-refractivity contribution >= 4 is 11.9 Å². The van der Waals surface area contributed by atoms with Gasteiger partial charge < -0.3 is 184 Å². The molecule has 7 saturated heterocycles. The quantitative estimate of drug-likeness (QED) is 0.0404.